The Bertz CT molecular complexity index is 750. The highest BCUT2D eigenvalue weighted by Gasteiger charge is 2.31. The molecule has 1 atom stereocenters. The predicted molar refractivity (Wildman–Crippen MR) is 98.2 cm³/mol. The normalized spacial score (nSPS) is 18.1. The van der Waals surface area contributed by atoms with Crippen LogP contribution in [0.5, 0.6) is 0 Å². The van der Waals surface area contributed by atoms with Crippen LogP contribution in [-0.2, 0) is 14.8 Å². The van der Waals surface area contributed by atoms with E-state index in [0.717, 1.165) is 17.0 Å². The van der Waals surface area contributed by atoms with Crippen LogP contribution >= 0.6 is 11.6 Å². The largest absolute Gasteiger partial charge is 0.348 e. The Morgan fingerprint density at radius 3 is 2.46 bits per heavy atom. The first kappa shape index (κ1) is 21.1. The molecule has 6 nitrogen and oxygen atoms in total. The minimum absolute atomic E-state index is 0.0177. The summed E-state index contributed by atoms with van der Waals surface area (Å²) in [6.45, 7) is 8.07. The van der Waals surface area contributed by atoms with Gasteiger partial charge < -0.3 is 10.2 Å². The number of benzene rings is 1. The van der Waals surface area contributed by atoms with Gasteiger partial charge in [-0.05, 0) is 31.0 Å². The average molecular weight is 407 g/mol. The van der Waals surface area contributed by atoms with Crippen LogP contribution in [0.1, 0.15) is 20.8 Å². The van der Waals surface area contributed by atoms with E-state index >= 15 is 0 Å². The number of carbonyl (C=O) groups excluding carboxylic acids is 1. The van der Waals surface area contributed by atoms with E-state index in [1.54, 1.807) is 0 Å². The van der Waals surface area contributed by atoms with E-state index < -0.39 is 15.8 Å². The molecule has 0 bridgehead atoms. The van der Waals surface area contributed by atoms with Crippen molar-refractivity contribution in [3.8, 4) is 0 Å². The third kappa shape index (κ3) is 5.16. The number of amides is 1. The zero-order valence-corrected chi connectivity index (χ0v) is 16.8. The Labute approximate surface area is 159 Å². The molecule has 0 radical (unpaired) electrons. The fourth-order valence-electron chi connectivity index (χ4n) is 2.70. The van der Waals surface area contributed by atoms with Crippen LogP contribution in [0.4, 0.5) is 4.39 Å². The Hall–Kier alpha value is -1.22. The molecule has 2 N–H and O–H groups in total. The second-order valence-corrected chi connectivity index (χ2v) is 9.35. The second kappa shape index (κ2) is 8.65. The van der Waals surface area contributed by atoms with Gasteiger partial charge in [0.15, 0.2) is 6.54 Å². The fourth-order valence-corrected chi connectivity index (χ4v) is 4.42. The number of hydrogen-bond acceptors (Lipinski definition) is 3. The molecule has 0 saturated carbocycles. The molecule has 146 valence electrons. The third-order valence-electron chi connectivity index (χ3n) is 4.76. The Kier molecular flexibility index (Phi) is 7.01. The van der Waals surface area contributed by atoms with E-state index in [0.29, 0.717) is 38.6 Å². The summed E-state index contributed by atoms with van der Waals surface area (Å²) in [4.78, 5) is 13.1. The molecule has 1 heterocycles. The number of rotatable bonds is 6. The summed E-state index contributed by atoms with van der Waals surface area (Å²) in [5, 5.41) is 2.75. The van der Waals surface area contributed by atoms with Crippen molar-refractivity contribution < 1.29 is 22.5 Å². The van der Waals surface area contributed by atoms with E-state index in [4.69, 9.17) is 11.6 Å². The van der Waals surface area contributed by atoms with Gasteiger partial charge in [0.2, 0.25) is 10.0 Å². The van der Waals surface area contributed by atoms with E-state index in [1.807, 2.05) is 20.8 Å². The number of quaternary nitrogens is 1. The SMILES string of the molecule is CC(C)[C@H](C)NC(=O)C[NH+]1CCN(S(=O)(=O)c2ccc(F)c(Cl)c2)CC1. The van der Waals surface area contributed by atoms with Crippen molar-refractivity contribution in [2.45, 2.75) is 31.7 Å². The second-order valence-electron chi connectivity index (χ2n) is 7.01. The lowest BCUT2D eigenvalue weighted by molar-refractivity contribution is -0.895. The van der Waals surface area contributed by atoms with Crippen LogP contribution in [0.15, 0.2) is 23.1 Å². The van der Waals surface area contributed by atoms with Crippen molar-refractivity contribution in [2.24, 2.45) is 5.92 Å². The van der Waals surface area contributed by atoms with Gasteiger partial charge in [-0.25, -0.2) is 12.8 Å². The van der Waals surface area contributed by atoms with Crippen LogP contribution < -0.4 is 10.2 Å². The first-order chi connectivity index (χ1) is 12.1. The number of piperazine rings is 1. The van der Waals surface area contributed by atoms with Crippen molar-refractivity contribution >= 4 is 27.5 Å². The Morgan fingerprint density at radius 1 is 1.31 bits per heavy atom. The van der Waals surface area contributed by atoms with Crippen molar-refractivity contribution in [1.82, 2.24) is 9.62 Å². The summed E-state index contributed by atoms with van der Waals surface area (Å²) >= 11 is 5.70. The molecule has 1 aromatic carbocycles. The number of halogens is 2. The Balaban J connectivity index is 1.93. The zero-order valence-electron chi connectivity index (χ0n) is 15.3. The van der Waals surface area contributed by atoms with Gasteiger partial charge in [-0.3, -0.25) is 4.79 Å². The Morgan fingerprint density at radius 2 is 1.92 bits per heavy atom. The quantitative estimate of drug-likeness (QED) is 0.724. The van der Waals surface area contributed by atoms with Gasteiger partial charge in [0, 0.05) is 6.04 Å². The van der Waals surface area contributed by atoms with Gasteiger partial charge in [-0.1, -0.05) is 25.4 Å². The number of carbonyl (C=O) groups is 1. The number of hydrogen-bond donors (Lipinski definition) is 2. The summed E-state index contributed by atoms with van der Waals surface area (Å²) in [6, 6.07) is 3.51. The number of nitrogens with one attached hydrogen (secondary N) is 2. The topological polar surface area (TPSA) is 70.9 Å². The molecule has 0 unspecified atom stereocenters. The summed E-state index contributed by atoms with van der Waals surface area (Å²) < 4.78 is 39.9. The summed E-state index contributed by atoms with van der Waals surface area (Å²) in [6.07, 6.45) is 0. The standard InChI is InChI=1S/C17H25ClFN3O3S/c1-12(2)13(3)20-17(23)11-21-6-8-22(9-7-21)26(24,25)14-4-5-16(19)15(18)10-14/h4-5,10,12-13H,6-9,11H2,1-3H3,(H,20,23)/p+1/t13-/m0/s1. The lowest BCUT2D eigenvalue weighted by atomic mass is 10.1. The van der Waals surface area contributed by atoms with Gasteiger partial charge in [0.25, 0.3) is 5.91 Å². The lowest BCUT2D eigenvalue weighted by Crippen LogP contribution is -3.15. The fraction of sp³-hybridized carbons (Fsp3) is 0.588. The number of sulfonamides is 1. The minimum atomic E-state index is -3.72. The van der Waals surface area contributed by atoms with Gasteiger partial charge in [-0.15, -0.1) is 0 Å². The average Bonchev–Trinajstić information content (AvgIpc) is 2.57. The van der Waals surface area contributed by atoms with Crippen LogP contribution in [0.25, 0.3) is 0 Å². The maximum Gasteiger partial charge on any atom is 0.275 e. The van der Waals surface area contributed by atoms with Gasteiger partial charge in [0.1, 0.15) is 5.82 Å². The molecule has 9 heteroatoms. The summed E-state index contributed by atoms with van der Waals surface area (Å²) in [5.74, 6) is -0.317. The highest BCUT2D eigenvalue weighted by Crippen LogP contribution is 2.22. The highest BCUT2D eigenvalue weighted by atomic mass is 35.5. The third-order valence-corrected chi connectivity index (χ3v) is 6.94. The smallest absolute Gasteiger partial charge is 0.275 e. The summed E-state index contributed by atoms with van der Waals surface area (Å²) in [5.41, 5.74) is 0. The van der Waals surface area contributed by atoms with E-state index in [2.05, 4.69) is 5.32 Å². The molecule has 1 saturated heterocycles. The first-order valence-electron chi connectivity index (χ1n) is 8.69. The molecule has 1 aliphatic heterocycles. The zero-order chi connectivity index (χ0) is 19.5. The van der Waals surface area contributed by atoms with E-state index in [1.165, 1.54) is 10.4 Å². The van der Waals surface area contributed by atoms with Crippen molar-refractivity contribution in [3.05, 3.63) is 29.0 Å². The monoisotopic (exact) mass is 406 g/mol. The first-order valence-corrected chi connectivity index (χ1v) is 10.5. The molecule has 1 amide bonds. The molecule has 0 aliphatic carbocycles. The molecule has 0 aromatic heterocycles. The molecule has 0 spiro atoms. The molecule has 1 aliphatic rings. The maximum atomic E-state index is 13.3. The van der Waals surface area contributed by atoms with Crippen LogP contribution in [0, 0.1) is 11.7 Å². The van der Waals surface area contributed by atoms with Crippen molar-refractivity contribution in [3.63, 3.8) is 0 Å². The minimum Gasteiger partial charge on any atom is -0.348 e. The highest BCUT2D eigenvalue weighted by molar-refractivity contribution is 7.89. The van der Waals surface area contributed by atoms with Gasteiger partial charge >= 0.3 is 0 Å². The van der Waals surface area contributed by atoms with Crippen LogP contribution in [-0.4, -0.2) is 57.4 Å². The molecule has 2 rings (SSSR count). The summed E-state index contributed by atoms with van der Waals surface area (Å²) in [7, 11) is -3.72. The van der Waals surface area contributed by atoms with E-state index in [-0.39, 0.29) is 21.9 Å². The number of nitrogens with zero attached hydrogens (tertiary/aromatic N) is 1. The van der Waals surface area contributed by atoms with Crippen molar-refractivity contribution in [2.75, 3.05) is 32.7 Å². The van der Waals surface area contributed by atoms with Gasteiger partial charge in [-0.2, -0.15) is 4.31 Å². The maximum absolute atomic E-state index is 13.3. The lowest BCUT2D eigenvalue weighted by Gasteiger charge is -2.31. The van der Waals surface area contributed by atoms with Crippen molar-refractivity contribution in [1.29, 1.82) is 0 Å². The molecule has 1 aromatic rings. The molecular formula is C17H26ClFN3O3S+. The van der Waals surface area contributed by atoms with Gasteiger partial charge in [0.05, 0.1) is 36.1 Å². The van der Waals surface area contributed by atoms with Crippen LogP contribution in [0.3, 0.4) is 0 Å². The van der Waals surface area contributed by atoms with Crippen LogP contribution in [0.2, 0.25) is 5.02 Å². The molecule has 1 fully saturated rings. The van der Waals surface area contributed by atoms with E-state index in [9.17, 15) is 17.6 Å². The predicted octanol–water partition coefficient (Wildman–Crippen LogP) is 0.529. The molecule has 26 heavy (non-hydrogen) atoms. The molecular weight excluding hydrogens is 381 g/mol.